The molecule has 19 heavy (non-hydrogen) atoms. The number of carbonyl (C=O) groups is 1. The molecule has 0 aliphatic carbocycles. The summed E-state index contributed by atoms with van der Waals surface area (Å²) in [4.78, 5) is 19.6. The number of hydrogen-bond donors (Lipinski definition) is 1. The minimum atomic E-state index is -0.0151. The van der Waals surface area contributed by atoms with Gasteiger partial charge in [-0.15, -0.1) is 0 Å². The molecule has 0 saturated carbocycles. The number of nitrogens with one attached hydrogen (secondary N) is 1. The lowest BCUT2D eigenvalue weighted by atomic mass is 10.1. The molecular formula is C13H16N4O2. The molecule has 2 aromatic heterocycles. The average molecular weight is 260 g/mol. The summed E-state index contributed by atoms with van der Waals surface area (Å²) in [5.41, 5.74) is 0.832. The normalized spacial score (nSPS) is 10.7. The number of hydrogen-bond acceptors (Lipinski definition) is 5. The highest BCUT2D eigenvalue weighted by atomic mass is 16.5. The summed E-state index contributed by atoms with van der Waals surface area (Å²) in [7, 11) is 0. The van der Waals surface area contributed by atoms with Gasteiger partial charge in [0, 0.05) is 24.4 Å². The third-order valence-electron chi connectivity index (χ3n) is 2.44. The molecule has 6 nitrogen and oxygen atoms in total. The molecule has 6 heteroatoms. The van der Waals surface area contributed by atoms with Crippen molar-refractivity contribution in [1.82, 2.24) is 20.4 Å². The van der Waals surface area contributed by atoms with E-state index in [0.717, 1.165) is 5.56 Å². The lowest BCUT2D eigenvalue weighted by Crippen LogP contribution is -2.24. The van der Waals surface area contributed by atoms with Crippen LogP contribution in [0.25, 0.3) is 11.4 Å². The number of pyridine rings is 1. The van der Waals surface area contributed by atoms with Gasteiger partial charge in [0.2, 0.25) is 17.6 Å². The standard InChI is InChI=1S/C13H16N4O2/c1-9(2)7-11(18)15-8-12-16-13(17-19-12)10-3-5-14-6-4-10/h3-6,9H,7-8H2,1-2H3,(H,15,18). The van der Waals surface area contributed by atoms with Gasteiger partial charge in [-0.25, -0.2) is 0 Å². The molecule has 0 aliphatic heterocycles. The third kappa shape index (κ3) is 3.87. The van der Waals surface area contributed by atoms with Crippen LogP contribution in [0.5, 0.6) is 0 Å². The number of carbonyl (C=O) groups excluding carboxylic acids is 1. The molecule has 1 amide bonds. The Kier molecular flexibility index (Phi) is 4.22. The SMILES string of the molecule is CC(C)CC(=O)NCc1nc(-c2ccncc2)no1. The highest BCUT2D eigenvalue weighted by Crippen LogP contribution is 2.13. The fourth-order valence-corrected chi connectivity index (χ4v) is 1.56. The van der Waals surface area contributed by atoms with Crippen LogP contribution in [0.3, 0.4) is 0 Å². The van der Waals surface area contributed by atoms with Crippen molar-refractivity contribution in [3.63, 3.8) is 0 Å². The van der Waals surface area contributed by atoms with Gasteiger partial charge in [-0.1, -0.05) is 19.0 Å². The molecule has 0 spiro atoms. The van der Waals surface area contributed by atoms with Crippen molar-refractivity contribution in [3.8, 4) is 11.4 Å². The Morgan fingerprint density at radius 2 is 2.11 bits per heavy atom. The van der Waals surface area contributed by atoms with Crippen molar-refractivity contribution in [2.75, 3.05) is 0 Å². The molecule has 2 aromatic rings. The fourth-order valence-electron chi connectivity index (χ4n) is 1.56. The van der Waals surface area contributed by atoms with Crippen molar-refractivity contribution in [1.29, 1.82) is 0 Å². The molecule has 0 radical (unpaired) electrons. The van der Waals surface area contributed by atoms with E-state index in [2.05, 4.69) is 20.4 Å². The van der Waals surface area contributed by atoms with Gasteiger partial charge in [-0.05, 0) is 18.1 Å². The summed E-state index contributed by atoms with van der Waals surface area (Å²) < 4.78 is 5.08. The highest BCUT2D eigenvalue weighted by Gasteiger charge is 2.10. The van der Waals surface area contributed by atoms with E-state index in [4.69, 9.17) is 4.52 Å². The average Bonchev–Trinajstić information content (AvgIpc) is 2.85. The Balaban J connectivity index is 1.93. The molecule has 0 fully saturated rings. The van der Waals surface area contributed by atoms with Crippen molar-refractivity contribution in [2.45, 2.75) is 26.8 Å². The quantitative estimate of drug-likeness (QED) is 0.886. The first-order valence-electron chi connectivity index (χ1n) is 6.15. The van der Waals surface area contributed by atoms with Crippen LogP contribution < -0.4 is 5.32 Å². The molecule has 0 aliphatic rings. The van der Waals surface area contributed by atoms with Gasteiger partial charge < -0.3 is 9.84 Å². The van der Waals surface area contributed by atoms with Gasteiger partial charge in [0.05, 0.1) is 6.54 Å². The van der Waals surface area contributed by atoms with Crippen LogP contribution in [0.1, 0.15) is 26.2 Å². The number of rotatable bonds is 5. The summed E-state index contributed by atoms with van der Waals surface area (Å²) in [6, 6.07) is 3.60. The van der Waals surface area contributed by atoms with Gasteiger partial charge in [0.1, 0.15) is 0 Å². The van der Waals surface area contributed by atoms with E-state index in [1.165, 1.54) is 0 Å². The van der Waals surface area contributed by atoms with E-state index in [0.29, 0.717) is 24.1 Å². The summed E-state index contributed by atoms with van der Waals surface area (Å²) in [6.07, 6.45) is 3.82. The van der Waals surface area contributed by atoms with Gasteiger partial charge in [-0.3, -0.25) is 9.78 Å². The molecule has 0 saturated heterocycles. The lowest BCUT2D eigenvalue weighted by molar-refractivity contribution is -0.122. The van der Waals surface area contributed by atoms with Crippen LogP contribution in [0.15, 0.2) is 29.0 Å². The van der Waals surface area contributed by atoms with Crippen molar-refractivity contribution < 1.29 is 9.32 Å². The fraction of sp³-hybridized carbons (Fsp3) is 0.385. The van der Waals surface area contributed by atoms with Crippen LogP contribution in [-0.2, 0) is 11.3 Å². The number of nitrogens with zero attached hydrogens (tertiary/aromatic N) is 3. The Hall–Kier alpha value is -2.24. The third-order valence-corrected chi connectivity index (χ3v) is 2.44. The van der Waals surface area contributed by atoms with Crippen molar-refractivity contribution in [3.05, 3.63) is 30.4 Å². The van der Waals surface area contributed by atoms with Gasteiger partial charge >= 0.3 is 0 Å². The molecule has 100 valence electrons. The van der Waals surface area contributed by atoms with E-state index in [9.17, 15) is 4.79 Å². The van der Waals surface area contributed by atoms with Gasteiger partial charge in [0.25, 0.3) is 0 Å². The number of amides is 1. The first-order valence-corrected chi connectivity index (χ1v) is 6.15. The molecule has 0 unspecified atom stereocenters. The maximum absolute atomic E-state index is 11.5. The maximum atomic E-state index is 11.5. The Labute approximate surface area is 111 Å². The minimum Gasteiger partial charge on any atom is -0.347 e. The van der Waals surface area contributed by atoms with E-state index in [1.807, 2.05) is 13.8 Å². The summed E-state index contributed by atoms with van der Waals surface area (Å²) in [6.45, 7) is 4.24. The zero-order valence-corrected chi connectivity index (χ0v) is 11.0. The molecular weight excluding hydrogens is 244 g/mol. The van der Waals surface area contributed by atoms with E-state index in [-0.39, 0.29) is 12.5 Å². The van der Waals surface area contributed by atoms with E-state index in [1.54, 1.807) is 24.5 Å². The second-order valence-corrected chi connectivity index (χ2v) is 4.62. The molecule has 0 aromatic carbocycles. The van der Waals surface area contributed by atoms with E-state index < -0.39 is 0 Å². The summed E-state index contributed by atoms with van der Waals surface area (Å²) in [5.74, 6) is 1.20. The Morgan fingerprint density at radius 1 is 1.37 bits per heavy atom. The zero-order chi connectivity index (χ0) is 13.7. The van der Waals surface area contributed by atoms with Crippen molar-refractivity contribution in [2.24, 2.45) is 5.92 Å². The number of aromatic nitrogens is 3. The summed E-state index contributed by atoms with van der Waals surface area (Å²) in [5, 5.41) is 6.61. The largest absolute Gasteiger partial charge is 0.347 e. The van der Waals surface area contributed by atoms with Crippen LogP contribution in [0.2, 0.25) is 0 Å². The molecule has 2 rings (SSSR count). The lowest BCUT2D eigenvalue weighted by Gasteiger charge is -2.03. The molecule has 1 N–H and O–H groups in total. The predicted octanol–water partition coefficient (Wildman–Crippen LogP) is 1.79. The molecule has 2 heterocycles. The van der Waals surface area contributed by atoms with Gasteiger partial charge in [0.15, 0.2) is 0 Å². The van der Waals surface area contributed by atoms with Crippen LogP contribution >= 0.6 is 0 Å². The van der Waals surface area contributed by atoms with Crippen LogP contribution in [-0.4, -0.2) is 21.0 Å². The second-order valence-electron chi connectivity index (χ2n) is 4.62. The van der Waals surface area contributed by atoms with Gasteiger partial charge in [-0.2, -0.15) is 4.98 Å². The van der Waals surface area contributed by atoms with E-state index >= 15 is 0 Å². The zero-order valence-electron chi connectivity index (χ0n) is 11.0. The monoisotopic (exact) mass is 260 g/mol. The first-order chi connectivity index (χ1) is 9.15. The van der Waals surface area contributed by atoms with Crippen LogP contribution in [0, 0.1) is 5.92 Å². The smallest absolute Gasteiger partial charge is 0.246 e. The topological polar surface area (TPSA) is 80.9 Å². The minimum absolute atomic E-state index is 0.0151. The predicted molar refractivity (Wildman–Crippen MR) is 68.8 cm³/mol. The second kappa shape index (κ2) is 6.08. The van der Waals surface area contributed by atoms with Crippen LogP contribution in [0.4, 0.5) is 0 Å². The molecule has 0 atom stereocenters. The first kappa shape index (κ1) is 13.2. The highest BCUT2D eigenvalue weighted by molar-refractivity contribution is 5.75. The molecule has 0 bridgehead atoms. The Morgan fingerprint density at radius 3 is 2.79 bits per heavy atom. The maximum Gasteiger partial charge on any atom is 0.246 e. The Bertz CT molecular complexity index is 537. The summed E-state index contributed by atoms with van der Waals surface area (Å²) >= 11 is 0. The van der Waals surface area contributed by atoms with Crippen molar-refractivity contribution >= 4 is 5.91 Å².